The van der Waals surface area contributed by atoms with Crippen molar-refractivity contribution in [1.82, 2.24) is 4.98 Å². The molecule has 1 aromatic heterocycles. The van der Waals surface area contributed by atoms with Crippen molar-refractivity contribution < 1.29 is 13.9 Å². The number of benzene rings is 1. The molecule has 1 aromatic carbocycles. The first-order valence-corrected chi connectivity index (χ1v) is 8.46. The van der Waals surface area contributed by atoms with Crippen LogP contribution >= 0.6 is 0 Å². The van der Waals surface area contributed by atoms with Gasteiger partial charge in [0.15, 0.2) is 0 Å². The highest BCUT2D eigenvalue weighted by atomic mass is 16.5. The number of hydrogen-bond acceptors (Lipinski definition) is 6. The Labute approximate surface area is 147 Å². The van der Waals surface area contributed by atoms with Crippen molar-refractivity contribution in [2.45, 2.75) is 25.9 Å². The van der Waals surface area contributed by atoms with Crippen molar-refractivity contribution in [3.8, 4) is 11.8 Å². The first-order chi connectivity index (χ1) is 12.3. The molecule has 1 atom stereocenters. The quantitative estimate of drug-likeness (QED) is 0.828. The summed E-state index contributed by atoms with van der Waals surface area (Å²) in [5.41, 5.74) is 1.25. The molecule has 25 heavy (non-hydrogen) atoms. The van der Waals surface area contributed by atoms with E-state index in [4.69, 9.17) is 13.9 Å². The summed E-state index contributed by atoms with van der Waals surface area (Å²) < 4.78 is 16.6. The Bertz CT molecular complexity index is 753. The van der Waals surface area contributed by atoms with Crippen LogP contribution in [0.3, 0.4) is 0 Å². The fraction of sp³-hybridized carbons (Fsp3) is 0.368. The number of nitrogens with zero attached hydrogens (tertiary/aromatic N) is 2. The molecule has 0 aliphatic carbocycles. The highest BCUT2D eigenvalue weighted by Crippen LogP contribution is 2.20. The average molecular weight is 339 g/mol. The monoisotopic (exact) mass is 339 g/mol. The van der Waals surface area contributed by atoms with Gasteiger partial charge in [-0.15, -0.1) is 0 Å². The van der Waals surface area contributed by atoms with Crippen molar-refractivity contribution in [1.29, 1.82) is 5.26 Å². The van der Waals surface area contributed by atoms with Gasteiger partial charge in [-0.1, -0.05) is 12.1 Å². The Morgan fingerprint density at radius 3 is 2.88 bits per heavy atom. The lowest BCUT2D eigenvalue weighted by molar-refractivity contribution is 0.120. The van der Waals surface area contributed by atoms with Gasteiger partial charge in [-0.3, -0.25) is 0 Å². The summed E-state index contributed by atoms with van der Waals surface area (Å²) in [4.78, 5) is 4.19. The van der Waals surface area contributed by atoms with Crippen LogP contribution in [0.4, 0.5) is 5.88 Å². The molecule has 0 amide bonds. The number of ether oxygens (including phenoxy) is 2. The Morgan fingerprint density at radius 1 is 1.36 bits per heavy atom. The van der Waals surface area contributed by atoms with E-state index < -0.39 is 0 Å². The molecule has 2 heterocycles. The second kappa shape index (κ2) is 8.36. The molecule has 3 rings (SSSR count). The summed E-state index contributed by atoms with van der Waals surface area (Å²) in [5, 5.41) is 12.3. The molecule has 1 N–H and O–H groups in total. The largest absolute Gasteiger partial charge is 0.494 e. The number of nitriles is 1. The second-order valence-corrected chi connectivity index (χ2v) is 5.69. The van der Waals surface area contributed by atoms with Gasteiger partial charge in [0.1, 0.15) is 11.8 Å². The van der Waals surface area contributed by atoms with E-state index in [1.807, 2.05) is 37.3 Å². The van der Waals surface area contributed by atoms with Crippen molar-refractivity contribution >= 4 is 18.0 Å². The molecule has 0 radical (unpaired) electrons. The van der Waals surface area contributed by atoms with Crippen LogP contribution in [0.5, 0.6) is 5.75 Å². The van der Waals surface area contributed by atoms with Gasteiger partial charge < -0.3 is 19.2 Å². The first kappa shape index (κ1) is 17.1. The maximum absolute atomic E-state index is 9.21. The summed E-state index contributed by atoms with van der Waals surface area (Å²) in [5.74, 6) is 1.62. The van der Waals surface area contributed by atoms with E-state index in [0.29, 0.717) is 24.9 Å². The Hall–Kier alpha value is -2.78. The first-order valence-electron chi connectivity index (χ1n) is 8.46. The zero-order valence-corrected chi connectivity index (χ0v) is 14.2. The van der Waals surface area contributed by atoms with E-state index in [0.717, 1.165) is 30.8 Å². The average Bonchev–Trinajstić information content (AvgIpc) is 3.29. The van der Waals surface area contributed by atoms with E-state index in [9.17, 15) is 5.26 Å². The van der Waals surface area contributed by atoms with E-state index in [1.54, 1.807) is 6.08 Å². The highest BCUT2D eigenvalue weighted by molar-refractivity contribution is 5.67. The van der Waals surface area contributed by atoms with Crippen LogP contribution in [-0.2, 0) is 4.74 Å². The predicted molar refractivity (Wildman–Crippen MR) is 95.2 cm³/mol. The lowest BCUT2D eigenvalue weighted by atomic mass is 10.2. The van der Waals surface area contributed by atoms with Gasteiger partial charge >= 0.3 is 0 Å². The fourth-order valence-electron chi connectivity index (χ4n) is 2.62. The molecule has 1 aliphatic rings. The summed E-state index contributed by atoms with van der Waals surface area (Å²) >= 11 is 0. The van der Waals surface area contributed by atoms with Gasteiger partial charge in [0.2, 0.25) is 17.5 Å². The summed E-state index contributed by atoms with van der Waals surface area (Å²) in [7, 11) is 0. The van der Waals surface area contributed by atoms with Crippen molar-refractivity contribution in [2.24, 2.45) is 0 Å². The molecule has 0 spiro atoms. The standard InChI is InChI=1S/C19H21N3O3/c1-2-23-15-8-5-14(6-9-15)7-10-18-22-17(12-20)19(25-18)21-13-16-4-3-11-24-16/h5-10,16,21H,2-4,11,13H2,1H3/b10-7+/t16-/m0/s1. The van der Waals surface area contributed by atoms with Crippen molar-refractivity contribution in [3.05, 3.63) is 41.4 Å². The van der Waals surface area contributed by atoms with Crippen LogP contribution in [0.1, 0.15) is 36.9 Å². The maximum Gasteiger partial charge on any atom is 0.232 e. The molecule has 0 bridgehead atoms. The second-order valence-electron chi connectivity index (χ2n) is 5.69. The molecule has 130 valence electrons. The molecule has 6 nitrogen and oxygen atoms in total. The maximum atomic E-state index is 9.21. The van der Waals surface area contributed by atoms with Crippen LogP contribution < -0.4 is 10.1 Å². The van der Waals surface area contributed by atoms with E-state index in [1.165, 1.54) is 0 Å². The molecule has 1 fully saturated rings. The van der Waals surface area contributed by atoms with Gasteiger partial charge in [0.25, 0.3) is 0 Å². The van der Waals surface area contributed by atoms with E-state index in [-0.39, 0.29) is 11.8 Å². The third kappa shape index (κ3) is 4.61. The zero-order valence-electron chi connectivity index (χ0n) is 14.2. The third-order valence-electron chi connectivity index (χ3n) is 3.87. The van der Waals surface area contributed by atoms with Gasteiger partial charge in [-0.05, 0) is 43.5 Å². The van der Waals surface area contributed by atoms with Gasteiger partial charge in [-0.2, -0.15) is 10.2 Å². The molecule has 0 unspecified atom stereocenters. The summed E-state index contributed by atoms with van der Waals surface area (Å²) in [6.07, 6.45) is 5.89. The topological polar surface area (TPSA) is 80.3 Å². The lowest BCUT2D eigenvalue weighted by Crippen LogP contribution is -2.18. The minimum atomic E-state index is 0.166. The number of anilines is 1. The molecule has 1 aliphatic heterocycles. The summed E-state index contributed by atoms with van der Waals surface area (Å²) in [6.45, 7) is 4.01. The number of aromatic nitrogens is 1. The highest BCUT2D eigenvalue weighted by Gasteiger charge is 2.17. The van der Waals surface area contributed by atoms with Gasteiger partial charge in [0.05, 0.1) is 12.7 Å². The smallest absolute Gasteiger partial charge is 0.232 e. The van der Waals surface area contributed by atoms with E-state index >= 15 is 0 Å². The van der Waals surface area contributed by atoms with Crippen LogP contribution in [0.2, 0.25) is 0 Å². The number of oxazole rings is 1. The minimum Gasteiger partial charge on any atom is -0.494 e. The van der Waals surface area contributed by atoms with Crippen LogP contribution in [0, 0.1) is 11.3 Å². The fourth-order valence-corrected chi connectivity index (χ4v) is 2.62. The summed E-state index contributed by atoms with van der Waals surface area (Å²) in [6, 6.07) is 9.78. The third-order valence-corrected chi connectivity index (χ3v) is 3.87. The Morgan fingerprint density at radius 2 is 2.20 bits per heavy atom. The molecule has 6 heteroatoms. The van der Waals surface area contributed by atoms with Crippen molar-refractivity contribution in [3.63, 3.8) is 0 Å². The Balaban J connectivity index is 1.64. The van der Waals surface area contributed by atoms with Crippen LogP contribution in [0.15, 0.2) is 28.7 Å². The normalized spacial score (nSPS) is 16.9. The number of hydrogen-bond donors (Lipinski definition) is 1. The molecule has 1 saturated heterocycles. The Kier molecular flexibility index (Phi) is 5.70. The number of nitrogens with one attached hydrogen (secondary N) is 1. The van der Waals surface area contributed by atoms with Gasteiger partial charge in [0, 0.05) is 19.2 Å². The molecule has 0 saturated carbocycles. The zero-order chi connectivity index (χ0) is 17.5. The molecule has 2 aromatic rings. The SMILES string of the molecule is CCOc1ccc(/C=C/c2nc(C#N)c(NC[C@@H]3CCCO3)o2)cc1. The number of rotatable bonds is 7. The van der Waals surface area contributed by atoms with Crippen LogP contribution in [-0.4, -0.2) is 30.8 Å². The van der Waals surface area contributed by atoms with Gasteiger partial charge in [-0.25, -0.2) is 0 Å². The lowest BCUT2D eigenvalue weighted by Gasteiger charge is -2.09. The van der Waals surface area contributed by atoms with Crippen LogP contribution in [0.25, 0.3) is 12.2 Å². The minimum absolute atomic E-state index is 0.166. The molecular formula is C19H21N3O3. The predicted octanol–water partition coefficient (Wildman–Crippen LogP) is 3.71. The van der Waals surface area contributed by atoms with E-state index in [2.05, 4.69) is 16.4 Å². The van der Waals surface area contributed by atoms with Crippen molar-refractivity contribution in [2.75, 3.05) is 25.1 Å². The molecular weight excluding hydrogens is 318 g/mol.